The first-order valence-electron chi connectivity index (χ1n) is 18.4. The van der Waals surface area contributed by atoms with Crippen LogP contribution in [0.5, 0.6) is 0 Å². The fourth-order valence-corrected chi connectivity index (χ4v) is 6.28. The van der Waals surface area contributed by atoms with Crippen LogP contribution in [0.2, 0.25) is 0 Å². The van der Waals surface area contributed by atoms with Gasteiger partial charge in [0.25, 0.3) is 0 Å². The van der Waals surface area contributed by atoms with Crippen LogP contribution in [-0.4, -0.2) is 114 Å². The Morgan fingerprint density at radius 3 is 1.75 bits per heavy atom. The monoisotopic (exact) mass is 721 g/mol. The van der Waals surface area contributed by atoms with Crippen molar-refractivity contribution in [3.63, 3.8) is 0 Å². The highest BCUT2D eigenvalue weighted by Crippen LogP contribution is 2.47. The van der Waals surface area contributed by atoms with Gasteiger partial charge in [-0.2, -0.15) is 0 Å². The molecule has 0 radical (unpaired) electrons. The van der Waals surface area contributed by atoms with E-state index in [1.165, 1.54) is 0 Å². The van der Waals surface area contributed by atoms with Crippen LogP contribution in [0.4, 0.5) is 4.79 Å². The third-order valence-corrected chi connectivity index (χ3v) is 9.04. The van der Waals surface area contributed by atoms with Gasteiger partial charge in [-0.3, -0.25) is 4.90 Å². The maximum atomic E-state index is 12.0. The molecule has 0 bridgehead atoms. The Hall–Kier alpha value is -3.43. The second-order valence-electron chi connectivity index (χ2n) is 12.7. The standard InChI is InChI=1S/C40H55N3O9/c1-2-41-40(45)42-28-31-8-14-35(15-9-31)39-51-36(29-43-16-18-46-20-22-48-24-26-50-27-25-49-23-21-47-19-17-43)37(33-6-4-3-5-7-33)38(52-39)34-12-10-32(30-44)11-13-34/h3-15,36-39,44H,2,16-30H2,1H3,(H2,41,42,45). The second-order valence-corrected chi connectivity index (χ2v) is 12.7. The number of carbonyl (C=O) groups excluding carboxylic acids is 1. The van der Waals surface area contributed by atoms with Gasteiger partial charge in [0.05, 0.1) is 84.9 Å². The molecule has 2 aliphatic heterocycles. The van der Waals surface area contributed by atoms with Crippen molar-refractivity contribution in [2.24, 2.45) is 0 Å². The quantitative estimate of drug-likeness (QED) is 0.294. The van der Waals surface area contributed by atoms with E-state index in [0.717, 1.165) is 27.8 Å². The van der Waals surface area contributed by atoms with Crippen molar-refractivity contribution in [1.29, 1.82) is 0 Å². The molecular formula is C40H55N3O9. The van der Waals surface area contributed by atoms with Gasteiger partial charge in [-0.25, -0.2) is 4.79 Å². The van der Waals surface area contributed by atoms with Crippen LogP contribution in [0.25, 0.3) is 0 Å². The van der Waals surface area contributed by atoms with Crippen LogP contribution in [0.15, 0.2) is 78.9 Å². The van der Waals surface area contributed by atoms with Crippen molar-refractivity contribution in [3.05, 3.63) is 107 Å². The van der Waals surface area contributed by atoms with Gasteiger partial charge in [-0.1, -0.05) is 78.9 Å². The molecule has 12 nitrogen and oxygen atoms in total. The number of urea groups is 1. The molecule has 5 rings (SSSR count). The zero-order valence-corrected chi connectivity index (χ0v) is 30.3. The molecule has 12 heteroatoms. The lowest BCUT2D eigenvalue weighted by Crippen LogP contribution is -2.46. The summed E-state index contributed by atoms with van der Waals surface area (Å²) in [5, 5.41) is 15.4. The largest absolute Gasteiger partial charge is 0.392 e. The molecule has 2 saturated heterocycles. The Morgan fingerprint density at radius 2 is 1.19 bits per heavy atom. The molecule has 0 spiro atoms. The van der Waals surface area contributed by atoms with Crippen LogP contribution < -0.4 is 10.6 Å². The maximum absolute atomic E-state index is 12.0. The van der Waals surface area contributed by atoms with Crippen LogP contribution in [-0.2, 0) is 46.3 Å². The number of amides is 2. The molecule has 2 amide bonds. The number of ether oxygens (including phenoxy) is 7. The summed E-state index contributed by atoms with van der Waals surface area (Å²) < 4.78 is 42.7. The second kappa shape index (κ2) is 22.6. The van der Waals surface area contributed by atoms with Crippen molar-refractivity contribution in [2.45, 2.75) is 44.5 Å². The number of hydrogen-bond acceptors (Lipinski definition) is 10. The van der Waals surface area contributed by atoms with E-state index in [-0.39, 0.29) is 30.8 Å². The number of benzene rings is 3. The lowest BCUT2D eigenvalue weighted by Gasteiger charge is -2.44. The fourth-order valence-electron chi connectivity index (χ4n) is 6.28. The predicted octanol–water partition coefficient (Wildman–Crippen LogP) is 4.34. The topological polar surface area (TPSA) is 129 Å². The van der Waals surface area contributed by atoms with Gasteiger partial charge < -0.3 is 48.9 Å². The van der Waals surface area contributed by atoms with Gasteiger partial charge in [0.15, 0.2) is 6.29 Å². The third-order valence-electron chi connectivity index (χ3n) is 9.04. The third kappa shape index (κ3) is 12.9. The number of hydrogen-bond donors (Lipinski definition) is 3. The van der Waals surface area contributed by atoms with E-state index in [1.807, 2.05) is 73.7 Å². The minimum absolute atomic E-state index is 0.0324. The molecule has 4 atom stereocenters. The number of carbonyl (C=O) groups is 1. The van der Waals surface area contributed by atoms with E-state index >= 15 is 0 Å². The molecule has 3 N–H and O–H groups in total. The van der Waals surface area contributed by atoms with E-state index in [1.54, 1.807) is 0 Å². The SMILES string of the molecule is CCNC(=O)NCc1ccc(C2OC(CN3CCOCCOCCOCCOCCOCC3)C(c3ccccc3)C(c3ccc(CO)cc3)O2)cc1. The Bertz CT molecular complexity index is 1400. The summed E-state index contributed by atoms with van der Waals surface area (Å²) in [4.78, 5) is 14.3. The van der Waals surface area contributed by atoms with E-state index in [0.29, 0.717) is 98.8 Å². The zero-order valence-electron chi connectivity index (χ0n) is 30.3. The van der Waals surface area contributed by atoms with Crippen LogP contribution >= 0.6 is 0 Å². The first-order chi connectivity index (χ1) is 25.6. The smallest absolute Gasteiger partial charge is 0.315 e. The first kappa shape index (κ1) is 39.8. The molecule has 2 aliphatic rings. The summed E-state index contributed by atoms with van der Waals surface area (Å²) in [6.07, 6.45) is -1.26. The number of rotatable bonds is 9. The van der Waals surface area contributed by atoms with Crippen LogP contribution in [0.3, 0.4) is 0 Å². The molecule has 4 unspecified atom stereocenters. The average molecular weight is 722 g/mol. The number of aliphatic hydroxyl groups is 1. The summed E-state index contributed by atoms with van der Waals surface area (Å²) >= 11 is 0. The zero-order chi connectivity index (χ0) is 36.2. The molecule has 0 aliphatic carbocycles. The van der Waals surface area contributed by atoms with Gasteiger partial charge in [0, 0.05) is 44.2 Å². The lowest BCUT2D eigenvalue weighted by molar-refractivity contribution is -0.263. The minimum atomic E-state index is -0.649. The molecule has 2 heterocycles. The number of nitrogens with one attached hydrogen (secondary N) is 2. The molecular weight excluding hydrogens is 666 g/mol. The lowest BCUT2D eigenvalue weighted by atomic mass is 9.83. The van der Waals surface area contributed by atoms with Gasteiger partial charge >= 0.3 is 6.03 Å². The van der Waals surface area contributed by atoms with Gasteiger partial charge in [0.1, 0.15) is 0 Å². The Morgan fingerprint density at radius 1 is 0.654 bits per heavy atom. The normalized spacial score (nSPS) is 23.6. The predicted molar refractivity (Wildman–Crippen MR) is 196 cm³/mol. The Balaban J connectivity index is 1.39. The van der Waals surface area contributed by atoms with Gasteiger partial charge in [0.2, 0.25) is 0 Å². The summed E-state index contributed by atoms with van der Waals surface area (Å²) in [5.74, 6) is -0.142. The van der Waals surface area contributed by atoms with Crippen LogP contribution in [0, 0.1) is 0 Å². The van der Waals surface area contributed by atoms with E-state index in [2.05, 4.69) is 27.7 Å². The molecule has 3 aromatic carbocycles. The average Bonchev–Trinajstić information content (AvgIpc) is 3.18. The van der Waals surface area contributed by atoms with Crippen molar-refractivity contribution in [3.8, 4) is 0 Å². The molecule has 3 aromatic rings. The van der Waals surface area contributed by atoms with Crippen molar-refractivity contribution in [1.82, 2.24) is 15.5 Å². The molecule has 2 fully saturated rings. The van der Waals surface area contributed by atoms with Crippen LogP contribution in [0.1, 0.15) is 53.1 Å². The number of aliphatic hydroxyl groups excluding tert-OH is 1. The van der Waals surface area contributed by atoms with Crippen molar-refractivity contribution < 1.29 is 43.1 Å². The maximum Gasteiger partial charge on any atom is 0.315 e. The minimum Gasteiger partial charge on any atom is -0.392 e. The first-order valence-corrected chi connectivity index (χ1v) is 18.4. The van der Waals surface area contributed by atoms with E-state index < -0.39 is 6.29 Å². The van der Waals surface area contributed by atoms with Gasteiger partial charge in [-0.05, 0) is 29.2 Å². The fraction of sp³-hybridized carbons (Fsp3) is 0.525. The Kier molecular flexibility index (Phi) is 17.3. The van der Waals surface area contributed by atoms with Crippen molar-refractivity contribution >= 4 is 6.03 Å². The van der Waals surface area contributed by atoms with E-state index in [4.69, 9.17) is 33.2 Å². The summed E-state index contributed by atoms with van der Waals surface area (Å²) in [5.41, 5.74) is 4.80. The highest BCUT2D eigenvalue weighted by molar-refractivity contribution is 5.73. The number of nitrogens with zero attached hydrogens (tertiary/aromatic N) is 1. The molecule has 0 aromatic heterocycles. The highest BCUT2D eigenvalue weighted by Gasteiger charge is 2.42. The highest BCUT2D eigenvalue weighted by atomic mass is 16.7. The summed E-state index contributed by atoms with van der Waals surface area (Å²) in [6.45, 7) is 9.92. The molecule has 0 saturated carbocycles. The summed E-state index contributed by atoms with van der Waals surface area (Å²) in [6, 6.07) is 26.1. The van der Waals surface area contributed by atoms with Gasteiger partial charge in [-0.15, -0.1) is 0 Å². The van der Waals surface area contributed by atoms with Crippen molar-refractivity contribution in [2.75, 3.05) is 92.2 Å². The van der Waals surface area contributed by atoms with E-state index in [9.17, 15) is 9.90 Å². The Labute approximate surface area is 307 Å². The molecule has 284 valence electrons. The summed E-state index contributed by atoms with van der Waals surface area (Å²) in [7, 11) is 0. The molecule has 52 heavy (non-hydrogen) atoms.